The number of anilines is 2. The number of rotatable bonds is 3. The maximum atomic E-state index is 5.56. The van der Waals surface area contributed by atoms with Gasteiger partial charge in [-0.3, -0.25) is 0 Å². The van der Waals surface area contributed by atoms with Crippen LogP contribution in [-0.2, 0) is 6.54 Å². The molecule has 0 amide bonds. The molecule has 0 aromatic carbocycles. The van der Waals surface area contributed by atoms with Crippen molar-refractivity contribution in [3.05, 3.63) is 27.8 Å². The highest BCUT2D eigenvalue weighted by molar-refractivity contribution is 7.11. The lowest BCUT2D eigenvalue weighted by Crippen LogP contribution is -2.04. The molecule has 0 spiro atoms. The van der Waals surface area contributed by atoms with Gasteiger partial charge in [0.25, 0.3) is 0 Å². The molecule has 2 rings (SSSR count). The molecule has 6 heteroatoms. The maximum absolute atomic E-state index is 5.56. The largest absolute Gasteiger partial charge is 0.368 e. The minimum Gasteiger partial charge on any atom is -0.368 e. The summed E-state index contributed by atoms with van der Waals surface area (Å²) < 4.78 is 0. The molecule has 2 aromatic rings. The number of thiazole rings is 1. The molecule has 0 atom stereocenters. The number of hydrogen-bond donors (Lipinski definition) is 2. The quantitative estimate of drug-likeness (QED) is 0.847. The average Bonchev–Trinajstić information content (AvgIpc) is 2.60. The Hall–Kier alpha value is -1.69. The molecule has 0 unspecified atom stereocenters. The van der Waals surface area contributed by atoms with Crippen LogP contribution in [0, 0.1) is 13.8 Å². The standard InChI is InChI=1S/C10H13N5S/c1-6-3-9(15-10(11)14-6)13-5-8-4-12-7(2)16-8/h3-4H,5H2,1-2H3,(H3,11,13,14,15). The molecule has 0 aliphatic carbocycles. The number of aromatic nitrogens is 3. The van der Waals surface area contributed by atoms with Gasteiger partial charge in [0, 0.05) is 22.8 Å². The van der Waals surface area contributed by atoms with E-state index in [-0.39, 0.29) is 0 Å². The fraction of sp³-hybridized carbons (Fsp3) is 0.300. The zero-order chi connectivity index (χ0) is 11.5. The van der Waals surface area contributed by atoms with Crippen LogP contribution in [-0.4, -0.2) is 15.0 Å². The first-order valence-electron chi connectivity index (χ1n) is 4.90. The van der Waals surface area contributed by atoms with Gasteiger partial charge < -0.3 is 11.1 Å². The molecule has 16 heavy (non-hydrogen) atoms. The Balaban J connectivity index is 2.04. The van der Waals surface area contributed by atoms with E-state index in [1.807, 2.05) is 26.1 Å². The first kappa shape index (κ1) is 10.8. The smallest absolute Gasteiger partial charge is 0.222 e. The van der Waals surface area contributed by atoms with Gasteiger partial charge in [0.1, 0.15) is 5.82 Å². The molecular weight excluding hydrogens is 222 g/mol. The van der Waals surface area contributed by atoms with E-state index in [9.17, 15) is 0 Å². The molecule has 0 aliphatic rings. The molecule has 2 aromatic heterocycles. The molecule has 2 heterocycles. The van der Waals surface area contributed by atoms with E-state index in [2.05, 4.69) is 20.3 Å². The molecule has 0 radical (unpaired) electrons. The van der Waals surface area contributed by atoms with Crippen LogP contribution in [0.3, 0.4) is 0 Å². The van der Waals surface area contributed by atoms with Gasteiger partial charge in [-0.25, -0.2) is 9.97 Å². The van der Waals surface area contributed by atoms with Crippen molar-refractivity contribution in [2.45, 2.75) is 20.4 Å². The van der Waals surface area contributed by atoms with Gasteiger partial charge in [0.05, 0.1) is 11.6 Å². The fourth-order valence-electron chi connectivity index (χ4n) is 1.35. The van der Waals surface area contributed by atoms with Crippen LogP contribution in [0.1, 0.15) is 15.6 Å². The summed E-state index contributed by atoms with van der Waals surface area (Å²) in [6.45, 7) is 4.59. The summed E-state index contributed by atoms with van der Waals surface area (Å²) in [5.41, 5.74) is 6.42. The summed E-state index contributed by atoms with van der Waals surface area (Å²) in [5.74, 6) is 1.04. The van der Waals surface area contributed by atoms with Crippen LogP contribution in [0.25, 0.3) is 0 Å². The van der Waals surface area contributed by atoms with Crippen molar-refractivity contribution >= 4 is 23.1 Å². The highest BCUT2D eigenvalue weighted by Gasteiger charge is 2.01. The van der Waals surface area contributed by atoms with Gasteiger partial charge >= 0.3 is 0 Å². The van der Waals surface area contributed by atoms with Crippen molar-refractivity contribution in [3.8, 4) is 0 Å². The van der Waals surface area contributed by atoms with Crippen LogP contribution in [0.2, 0.25) is 0 Å². The molecule has 84 valence electrons. The second-order valence-electron chi connectivity index (χ2n) is 3.45. The third-order valence-corrected chi connectivity index (χ3v) is 2.90. The van der Waals surface area contributed by atoms with Crippen LogP contribution in [0.15, 0.2) is 12.3 Å². The zero-order valence-electron chi connectivity index (χ0n) is 9.19. The normalized spacial score (nSPS) is 10.4. The van der Waals surface area contributed by atoms with Crippen molar-refractivity contribution in [3.63, 3.8) is 0 Å². The van der Waals surface area contributed by atoms with E-state index in [0.29, 0.717) is 12.5 Å². The predicted octanol–water partition coefficient (Wildman–Crippen LogP) is 1.74. The Morgan fingerprint density at radius 1 is 1.38 bits per heavy atom. The Kier molecular flexibility index (Phi) is 3.00. The second kappa shape index (κ2) is 4.44. The third-order valence-electron chi connectivity index (χ3n) is 1.98. The summed E-state index contributed by atoms with van der Waals surface area (Å²) in [5, 5.41) is 4.26. The van der Waals surface area contributed by atoms with Gasteiger partial charge in [-0.05, 0) is 13.8 Å². The predicted molar refractivity (Wildman–Crippen MR) is 65.4 cm³/mol. The van der Waals surface area contributed by atoms with E-state index in [1.165, 1.54) is 4.88 Å². The molecule has 3 N–H and O–H groups in total. The number of nitrogens with zero attached hydrogens (tertiary/aromatic N) is 3. The first-order valence-corrected chi connectivity index (χ1v) is 5.71. The number of nitrogen functional groups attached to an aromatic ring is 1. The summed E-state index contributed by atoms with van der Waals surface area (Å²) in [4.78, 5) is 13.5. The van der Waals surface area contributed by atoms with Crippen molar-refractivity contribution < 1.29 is 0 Å². The molecule has 0 fully saturated rings. The van der Waals surface area contributed by atoms with E-state index in [1.54, 1.807) is 11.3 Å². The maximum Gasteiger partial charge on any atom is 0.222 e. The molecule has 0 bridgehead atoms. The summed E-state index contributed by atoms with van der Waals surface area (Å²) in [7, 11) is 0. The van der Waals surface area contributed by atoms with Crippen LogP contribution in [0.4, 0.5) is 11.8 Å². The van der Waals surface area contributed by atoms with E-state index < -0.39 is 0 Å². The fourth-order valence-corrected chi connectivity index (χ4v) is 2.08. The van der Waals surface area contributed by atoms with Crippen molar-refractivity contribution in [2.24, 2.45) is 0 Å². The second-order valence-corrected chi connectivity index (χ2v) is 4.77. The van der Waals surface area contributed by atoms with E-state index >= 15 is 0 Å². The lowest BCUT2D eigenvalue weighted by atomic mass is 10.4. The molecule has 0 aliphatic heterocycles. The summed E-state index contributed by atoms with van der Waals surface area (Å²) >= 11 is 1.67. The Morgan fingerprint density at radius 2 is 2.19 bits per heavy atom. The molecule has 0 saturated carbocycles. The number of nitrogens with two attached hydrogens (primary N) is 1. The van der Waals surface area contributed by atoms with E-state index in [0.717, 1.165) is 16.5 Å². The van der Waals surface area contributed by atoms with Crippen LogP contribution >= 0.6 is 11.3 Å². The zero-order valence-corrected chi connectivity index (χ0v) is 10.0. The Bertz CT molecular complexity index is 473. The number of aryl methyl sites for hydroxylation is 2. The number of nitrogens with one attached hydrogen (secondary N) is 1. The van der Waals surface area contributed by atoms with Gasteiger partial charge in [-0.15, -0.1) is 11.3 Å². The number of hydrogen-bond acceptors (Lipinski definition) is 6. The van der Waals surface area contributed by atoms with Crippen molar-refractivity contribution in [1.29, 1.82) is 0 Å². The average molecular weight is 235 g/mol. The molecule has 5 nitrogen and oxygen atoms in total. The third kappa shape index (κ3) is 2.66. The highest BCUT2D eigenvalue weighted by atomic mass is 32.1. The van der Waals surface area contributed by atoms with Crippen molar-refractivity contribution in [1.82, 2.24) is 15.0 Å². The monoisotopic (exact) mass is 235 g/mol. The Morgan fingerprint density at radius 3 is 2.81 bits per heavy atom. The molecule has 0 saturated heterocycles. The van der Waals surface area contributed by atoms with Gasteiger partial charge in [-0.1, -0.05) is 0 Å². The SMILES string of the molecule is Cc1cc(NCc2cnc(C)s2)nc(N)n1. The minimum absolute atomic E-state index is 0.294. The molecular formula is C10H13N5S. The van der Waals surface area contributed by atoms with Gasteiger partial charge in [-0.2, -0.15) is 4.98 Å². The van der Waals surface area contributed by atoms with Crippen molar-refractivity contribution in [2.75, 3.05) is 11.1 Å². The van der Waals surface area contributed by atoms with Gasteiger partial charge in [0.15, 0.2) is 0 Å². The topological polar surface area (TPSA) is 76.7 Å². The van der Waals surface area contributed by atoms with Gasteiger partial charge in [0.2, 0.25) is 5.95 Å². The lowest BCUT2D eigenvalue weighted by Gasteiger charge is -2.04. The van der Waals surface area contributed by atoms with Crippen LogP contribution in [0.5, 0.6) is 0 Å². The van der Waals surface area contributed by atoms with E-state index in [4.69, 9.17) is 5.73 Å². The first-order chi connectivity index (χ1) is 7.63. The van der Waals surface area contributed by atoms with Crippen LogP contribution < -0.4 is 11.1 Å². The lowest BCUT2D eigenvalue weighted by molar-refractivity contribution is 1.07. The summed E-state index contributed by atoms with van der Waals surface area (Å²) in [6, 6.07) is 1.87. The highest BCUT2D eigenvalue weighted by Crippen LogP contribution is 2.14. The minimum atomic E-state index is 0.294. The summed E-state index contributed by atoms with van der Waals surface area (Å²) in [6.07, 6.45) is 1.87. The Labute approximate surface area is 97.8 Å².